The molecule has 0 atom stereocenters. The molecule has 0 fully saturated rings. The van der Waals surface area contributed by atoms with Crippen molar-refractivity contribution in [3.05, 3.63) is 58.6 Å². The number of carbonyl (C=O) groups is 1. The highest BCUT2D eigenvalue weighted by atomic mass is 79.9. The van der Waals surface area contributed by atoms with Gasteiger partial charge in [0.2, 0.25) is 0 Å². The van der Waals surface area contributed by atoms with Crippen LogP contribution in [0.25, 0.3) is 0 Å². The minimum Gasteiger partial charge on any atom is -0.478 e. The van der Waals surface area contributed by atoms with E-state index in [4.69, 9.17) is 10.00 Å². The molecule has 4 nitrogen and oxygen atoms in total. The molecule has 0 spiro atoms. The Morgan fingerprint density at radius 1 is 1.18 bits per heavy atom. The first-order valence-corrected chi connectivity index (χ1v) is 7.47. The lowest BCUT2D eigenvalue weighted by Crippen LogP contribution is -2.42. The third kappa shape index (κ3) is 3.86. The number of amides is 1. The van der Waals surface area contributed by atoms with Crippen molar-refractivity contribution < 1.29 is 9.53 Å². The van der Waals surface area contributed by atoms with Crippen molar-refractivity contribution in [2.75, 3.05) is 5.32 Å². The van der Waals surface area contributed by atoms with Crippen LogP contribution in [-0.2, 0) is 4.79 Å². The van der Waals surface area contributed by atoms with Crippen molar-refractivity contribution in [2.24, 2.45) is 0 Å². The van der Waals surface area contributed by atoms with Crippen molar-refractivity contribution in [3.8, 4) is 11.8 Å². The summed E-state index contributed by atoms with van der Waals surface area (Å²) in [5, 5.41) is 11.8. The summed E-state index contributed by atoms with van der Waals surface area (Å²) >= 11 is 3.35. The van der Waals surface area contributed by atoms with Gasteiger partial charge in [0, 0.05) is 4.47 Å². The van der Waals surface area contributed by atoms with Crippen LogP contribution in [0.3, 0.4) is 0 Å². The number of benzene rings is 2. The molecule has 0 aromatic heterocycles. The summed E-state index contributed by atoms with van der Waals surface area (Å²) in [4.78, 5) is 12.4. The van der Waals surface area contributed by atoms with Gasteiger partial charge in [0.1, 0.15) is 11.8 Å². The van der Waals surface area contributed by atoms with E-state index in [0.29, 0.717) is 17.0 Å². The normalized spacial score (nSPS) is 10.6. The van der Waals surface area contributed by atoms with Crippen molar-refractivity contribution in [1.29, 1.82) is 5.26 Å². The zero-order valence-corrected chi connectivity index (χ0v) is 13.8. The van der Waals surface area contributed by atoms with Gasteiger partial charge in [0.25, 0.3) is 5.91 Å². The third-order valence-corrected chi connectivity index (χ3v) is 3.56. The number of para-hydroxylation sites is 1. The smallest absolute Gasteiger partial charge is 0.268 e. The Labute approximate surface area is 137 Å². The molecule has 2 aromatic rings. The molecule has 2 rings (SSSR count). The maximum Gasteiger partial charge on any atom is 0.268 e. The van der Waals surface area contributed by atoms with E-state index in [-0.39, 0.29) is 5.91 Å². The first kappa shape index (κ1) is 16.1. The molecule has 0 saturated heterocycles. The van der Waals surface area contributed by atoms with E-state index < -0.39 is 5.60 Å². The lowest BCUT2D eigenvalue weighted by Gasteiger charge is -2.25. The molecule has 22 heavy (non-hydrogen) atoms. The zero-order chi connectivity index (χ0) is 16.2. The average Bonchev–Trinajstić information content (AvgIpc) is 2.50. The van der Waals surface area contributed by atoms with Crippen LogP contribution < -0.4 is 10.1 Å². The molecule has 0 aliphatic carbocycles. The fourth-order valence-electron chi connectivity index (χ4n) is 1.81. The predicted octanol–water partition coefficient (Wildman–Crippen LogP) is 4.12. The molecule has 1 amide bonds. The van der Waals surface area contributed by atoms with Gasteiger partial charge in [0.05, 0.1) is 11.3 Å². The van der Waals surface area contributed by atoms with E-state index in [1.165, 1.54) is 0 Å². The molecule has 0 aliphatic rings. The number of hydrogen-bond donors (Lipinski definition) is 1. The number of nitrogens with one attached hydrogen (secondary N) is 1. The zero-order valence-electron chi connectivity index (χ0n) is 12.3. The first-order valence-electron chi connectivity index (χ1n) is 6.67. The molecular weight excluding hydrogens is 344 g/mol. The maximum atomic E-state index is 12.4. The van der Waals surface area contributed by atoms with Crippen LogP contribution in [0.5, 0.6) is 5.75 Å². The third-order valence-electron chi connectivity index (χ3n) is 3.03. The minimum atomic E-state index is -1.07. The Kier molecular flexibility index (Phi) is 4.84. The largest absolute Gasteiger partial charge is 0.478 e. The summed E-state index contributed by atoms with van der Waals surface area (Å²) in [6.07, 6.45) is 0. The number of ether oxygens (including phenoxy) is 1. The number of rotatable bonds is 4. The molecular formula is C17H15BrN2O2. The monoisotopic (exact) mass is 358 g/mol. The highest BCUT2D eigenvalue weighted by molar-refractivity contribution is 9.10. The van der Waals surface area contributed by atoms with Gasteiger partial charge in [-0.3, -0.25) is 4.79 Å². The van der Waals surface area contributed by atoms with Crippen LogP contribution in [-0.4, -0.2) is 11.5 Å². The second-order valence-corrected chi connectivity index (χ2v) is 6.09. The number of carbonyl (C=O) groups excluding carboxylic acids is 1. The van der Waals surface area contributed by atoms with Crippen LogP contribution in [0.4, 0.5) is 5.69 Å². The van der Waals surface area contributed by atoms with Gasteiger partial charge in [-0.25, -0.2) is 0 Å². The summed E-state index contributed by atoms with van der Waals surface area (Å²) in [5.41, 5.74) is -0.186. The summed E-state index contributed by atoms with van der Waals surface area (Å²) < 4.78 is 6.68. The number of halogens is 1. The molecule has 0 saturated carbocycles. The average molecular weight is 359 g/mol. The standard InChI is InChI=1S/C17H15BrN2O2/c1-17(2,22-14-9-7-13(18)8-10-14)16(21)20-15-6-4-3-5-12(15)11-19/h3-10H,1-2H3,(H,20,21). The SMILES string of the molecule is CC(C)(Oc1ccc(Br)cc1)C(=O)Nc1ccccc1C#N. The first-order chi connectivity index (χ1) is 10.4. The number of nitriles is 1. The van der Waals surface area contributed by atoms with Crippen molar-refractivity contribution in [1.82, 2.24) is 0 Å². The summed E-state index contributed by atoms with van der Waals surface area (Å²) in [6, 6.07) is 16.1. The second-order valence-electron chi connectivity index (χ2n) is 5.18. The summed E-state index contributed by atoms with van der Waals surface area (Å²) in [7, 11) is 0. The minimum absolute atomic E-state index is 0.321. The number of nitrogens with zero attached hydrogens (tertiary/aromatic N) is 1. The Bertz CT molecular complexity index is 718. The Balaban J connectivity index is 2.13. The van der Waals surface area contributed by atoms with Gasteiger partial charge in [0.15, 0.2) is 5.60 Å². The Hall–Kier alpha value is -2.32. The topological polar surface area (TPSA) is 62.1 Å². The van der Waals surface area contributed by atoms with E-state index in [2.05, 4.69) is 21.2 Å². The number of anilines is 1. The summed E-state index contributed by atoms with van der Waals surface area (Å²) in [6.45, 7) is 3.36. The highest BCUT2D eigenvalue weighted by Gasteiger charge is 2.30. The quantitative estimate of drug-likeness (QED) is 0.893. The van der Waals surface area contributed by atoms with Crippen LogP contribution in [0.15, 0.2) is 53.0 Å². The van der Waals surface area contributed by atoms with E-state index in [9.17, 15) is 4.79 Å². The van der Waals surface area contributed by atoms with E-state index in [0.717, 1.165) is 4.47 Å². The Morgan fingerprint density at radius 2 is 1.82 bits per heavy atom. The van der Waals surface area contributed by atoms with E-state index in [1.807, 2.05) is 18.2 Å². The molecule has 5 heteroatoms. The van der Waals surface area contributed by atoms with Gasteiger partial charge >= 0.3 is 0 Å². The van der Waals surface area contributed by atoms with E-state index in [1.54, 1.807) is 50.2 Å². The highest BCUT2D eigenvalue weighted by Crippen LogP contribution is 2.23. The van der Waals surface area contributed by atoms with Gasteiger partial charge in [-0.05, 0) is 50.2 Å². The van der Waals surface area contributed by atoms with Crippen LogP contribution in [0.2, 0.25) is 0 Å². The number of hydrogen-bond acceptors (Lipinski definition) is 3. The summed E-state index contributed by atoms with van der Waals surface area (Å²) in [5.74, 6) is 0.273. The van der Waals surface area contributed by atoms with Gasteiger partial charge in [-0.2, -0.15) is 5.26 Å². The second kappa shape index (κ2) is 6.63. The molecule has 0 unspecified atom stereocenters. The molecule has 0 bridgehead atoms. The van der Waals surface area contributed by atoms with E-state index >= 15 is 0 Å². The van der Waals surface area contributed by atoms with Gasteiger partial charge < -0.3 is 10.1 Å². The van der Waals surface area contributed by atoms with Gasteiger partial charge in [-0.1, -0.05) is 28.1 Å². The van der Waals surface area contributed by atoms with Crippen molar-refractivity contribution in [3.63, 3.8) is 0 Å². The van der Waals surface area contributed by atoms with Crippen molar-refractivity contribution in [2.45, 2.75) is 19.4 Å². The molecule has 0 heterocycles. The lowest BCUT2D eigenvalue weighted by molar-refractivity contribution is -0.128. The molecule has 2 aromatic carbocycles. The molecule has 112 valence electrons. The van der Waals surface area contributed by atoms with Crippen LogP contribution in [0, 0.1) is 11.3 Å². The molecule has 0 radical (unpaired) electrons. The Morgan fingerprint density at radius 3 is 2.45 bits per heavy atom. The van der Waals surface area contributed by atoms with Crippen LogP contribution >= 0.6 is 15.9 Å². The van der Waals surface area contributed by atoms with Gasteiger partial charge in [-0.15, -0.1) is 0 Å². The van der Waals surface area contributed by atoms with Crippen LogP contribution in [0.1, 0.15) is 19.4 Å². The van der Waals surface area contributed by atoms with Crippen molar-refractivity contribution >= 4 is 27.5 Å². The predicted molar refractivity (Wildman–Crippen MR) is 88.6 cm³/mol. The fourth-order valence-corrected chi connectivity index (χ4v) is 2.07. The lowest BCUT2D eigenvalue weighted by atomic mass is 10.1. The molecule has 0 aliphatic heterocycles. The molecule has 1 N–H and O–H groups in total. The fraction of sp³-hybridized carbons (Fsp3) is 0.176. The maximum absolute atomic E-state index is 12.4.